The monoisotopic (exact) mass is 276 g/mol. The topological polar surface area (TPSA) is 50.7 Å². The number of aliphatic imine (C=N–C) groups is 1. The van der Waals surface area contributed by atoms with E-state index in [1.807, 2.05) is 31.2 Å². The molecule has 5 heteroatoms. The molecular formula is C14H16N2O2S. The molecule has 0 fully saturated rings. The second kappa shape index (κ2) is 5.48. The van der Waals surface area contributed by atoms with Crippen molar-refractivity contribution >= 4 is 28.8 Å². The van der Waals surface area contributed by atoms with Gasteiger partial charge >= 0.3 is 0 Å². The number of carbonyl (C=O) groups excluding carboxylic acids is 1. The molecule has 0 saturated carbocycles. The van der Waals surface area contributed by atoms with Gasteiger partial charge in [0.05, 0.1) is 19.1 Å². The molecule has 1 aromatic carbocycles. The molecule has 100 valence electrons. The maximum atomic E-state index is 11.8. The number of ether oxygens (including phenoxy) is 1. The lowest BCUT2D eigenvalue weighted by Gasteiger charge is -2.30. The van der Waals surface area contributed by atoms with E-state index in [0.717, 1.165) is 17.0 Å². The van der Waals surface area contributed by atoms with E-state index in [2.05, 4.69) is 10.3 Å². The molecule has 0 spiro atoms. The number of nitrogens with zero attached hydrogens (tertiary/aromatic N) is 1. The van der Waals surface area contributed by atoms with Gasteiger partial charge in [-0.15, -0.1) is 0 Å². The van der Waals surface area contributed by atoms with Crippen molar-refractivity contribution in [3.05, 3.63) is 29.8 Å². The fraction of sp³-hybridized carbons (Fsp3) is 0.357. The van der Waals surface area contributed by atoms with E-state index in [9.17, 15) is 4.79 Å². The van der Waals surface area contributed by atoms with Crippen LogP contribution in [0.1, 0.15) is 25.5 Å². The molecule has 1 heterocycles. The third-order valence-corrected chi connectivity index (χ3v) is 3.46. The summed E-state index contributed by atoms with van der Waals surface area (Å²) in [6.07, 6.45) is 0. The second-order valence-corrected chi connectivity index (χ2v) is 4.93. The molecule has 1 aromatic rings. The van der Waals surface area contributed by atoms with Gasteiger partial charge in [0.25, 0.3) is 0 Å². The Morgan fingerprint density at radius 2 is 2.00 bits per heavy atom. The van der Waals surface area contributed by atoms with Crippen LogP contribution in [0.4, 0.5) is 0 Å². The van der Waals surface area contributed by atoms with Crippen LogP contribution in [0.5, 0.6) is 5.75 Å². The maximum absolute atomic E-state index is 11.8. The number of hydrogen-bond acceptors (Lipinski definition) is 3. The third kappa shape index (κ3) is 2.81. The molecule has 0 aliphatic carbocycles. The molecule has 0 bridgehead atoms. The summed E-state index contributed by atoms with van der Waals surface area (Å²) in [7, 11) is 1.62. The SMILES string of the molecule is COc1ccc(C2NC(=S)N=C(C)C2C(C)=O)cc1. The summed E-state index contributed by atoms with van der Waals surface area (Å²) in [6, 6.07) is 7.46. The first-order chi connectivity index (χ1) is 9.02. The van der Waals surface area contributed by atoms with Crippen LogP contribution in [0, 0.1) is 5.92 Å². The van der Waals surface area contributed by atoms with E-state index in [0.29, 0.717) is 5.11 Å². The standard InChI is InChI=1S/C14H16N2O2S/c1-8-12(9(2)17)13(16-14(19)15-8)10-4-6-11(18-3)7-5-10/h4-7,12-13H,1-3H3,(H,16,19). The Kier molecular flexibility index (Phi) is 3.95. The first-order valence-corrected chi connectivity index (χ1v) is 6.44. The molecule has 4 nitrogen and oxygen atoms in total. The van der Waals surface area contributed by atoms with Gasteiger partial charge in [0.1, 0.15) is 11.5 Å². The fourth-order valence-electron chi connectivity index (χ4n) is 2.34. The fourth-order valence-corrected chi connectivity index (χ4v) is 2.61. The van der Waals surface area contributed by atoms with Crippen LogP contribution in [0.25, 0.3) is 0 Å². The Morgan fingerprint density at radius 3 is 2.53 bits per heavy atom. The normalized spacial score (nSPS) is 22.5. The van der Waals surface area contributed by atoms with E-state index >= 15 is 0 Å². The van der Waals surface area contributed by atoms with Gasteiger partial charge in [0, 0.05) is 5.71 Å². The van der Waals surface area contributed by atoms with Gasteiger partial charge in [-0.25, -0.2) is 4.99 Å². The maximum Gasteiger partial charge on any atom is 0.193 e. The zero-order valence-corrected chi connectivity index (χ0v) is 12.0. The molecule has 0 radical (unpaired) electrons. The number of Topliss-reactive ketones (excluding diaryl/α,β-unsaturated/α-hetero) is 1. The van der Waals surface area contributed by atoms with Crippen molar-refractivity contribution in [2.45, 2.75) is 19.9 Å². The molecule has 0 amide bonds. The van der Waals surface area contributed by atoms with Crippen LogP contribution in [0.2, 0.25) is 0 Å². The number of ketones is 1. The lowest BCUT2D eigenvalue weighted by atomic mass is 9.86. The average Bonchev–Trinajstić information content (AvgIpc) is 2.37. The Bertz CT molecular complexity index is 537. The summed E-state index contributed by atoms with van der Waals surface area (Å²) in [4.78, 5) is 16.0. The third-order valence-electron chi connectivity index (χ3n) is 3.25. The van der Waals surface area contributed by atoms with Crippen LogP contribution in [-0.4, -0.2) is 23.7 Å². The molecule has 1 aliphatic rings. The molecule has 19 heavy (non-hydrogen) atoms. The minimum Gasteiger partial charge on any atom is -0.497 e. The van der Waals surface area contributed by atoms with Crippen molar-refractivity contribution in [1.29, 1.82) is 0 Å². The molecule has 0 saturated heterocycles. The lowest BCUT2D eigenvalue weighted by molar-refractivity contribution is -0.119. The van der Waals surface area contributed by atoms with E-state index in [-0.39, 0.29) is 17.7 Å². The highest BCUT2D eigenvalue weighted by Gasteiger charge is 2.33. The Balaban J connectivity index is 2.37. The number of methoxy groups -OCH3 is 1. The number of carbonyl (C=O) groups is 1. The predicted octanol–water partition coefficient (Wildman–Crippen LogP) is 2.29. The van der Waals surface area contributed by atoms with Gasteiger partial charge < -0.3 is 10.1 Å². The van der Waals surface area contributed by atoms with Crippen molar-refractivity contribution in [3.63, 3.8) is 0 Å². The van der Waals surface area contributed by atoms with Gasteiger partial charge in [-0.3, -0.25) is 4.79 Å². The van der Waals surface area contributed by atoms with Crippen molar-refractivity contribution in [3.8, 4) is 5.75 Å². The average molecular weight is 276 g/mol. The first kappa shape index (κ1) is 13.7. The molecule has 2 unspecified atom stereocenters. The summed E-state index contributed by atoms with van der Waals surface area (Å²) in [5.41, 5.74) is 1.76. The molecule has 2 rings (SSSR count). The van der Waals surface area contributed by atoms with E-state index in [1.165, 1.54) is 0 Å². The minimum absolute atomic E-state index is 0.0806. The summed E-state index contributed by atoms with van der Waals surface area (Å²) >= 11 is 5.11. The van der Waals surface area contributed by atoms with E-state index < -0.39 is 0 Å². The summed E-state index contributed by atoms with van der Waals surface area (Å²) in [5, 5.41) is 3.54. The highest BCUT2D eigenvalue weighted by atomic mass is 32.1. The van der Waals surface area contributed by atoms with Crippen molar-refractivity contribution in [2.75, 3.05) is 7.11 Å². The van der Waals surface area contributed by atoms with Gasteiger partial charge in [-0.2, -0.15) is 0 Å². The number of hydrogen-bond donors (Lipinski definition) is 1. The van der Waals surface area contributed by atoms with Crippen molar-refractivity contribution in [1.82, 2.24) is 5.32 Å². The second-order valence-electron chi connectivity index (χ2n) is 4.54. The zero-order chi connectivity index (χ0) is 14.0. The Morgan fingerprint density at radius 1 is 1.37 bits per heavy atom. The van der Waals surface area contributed by atoms with Gasteiger partial charge in [-0.1, -0.05) is 12.1 Å². The molecule has 0 aromatic heterocycles. The minimum atomic E-state index is -0.278. The molecular weight excluding hydrogens is 260 g/mol. The highest BCUT2D eigenvalue weighted by molar-refractivity contribution is 7.80. The summed E-state index contributed by atoms with van der Waals surface area (Å²) in [6.45, 7) is 3.42. The molecule has 2 atom stereocenters. The van der Waals surface area contributed by atoms with E-state index in [4.69, 9.17) is 17.0 Å². The predicted molar refractivity (Wildman–Crippen MR) is 78.7 cm³/mol. The van der Waals surface area contributed by atoms with Crippen molar-refractivity contribution < 1.29 is 9.53 Å². The van der Waals surface area contributed by atoms with Crippen LogP contribution < -0.4 is 10.1 Å². The highest BCUT2D eigenvalue weighted by Crippen LogP contribution is 2.28. The number of rotatable bonds is 3. The lowest BCUT2D eigenvalue weighted by Crippen LogP contribution is -2.42. The number of benzene rings is 1. The Labute approximate surface area is 117 Å². The van der Waals surface area contributed by atoms with Crippen LogP contribution in [-0.2, 0) is 4.79 Å². The number of thiocarbonyl (C=S) groups is 1. The quantitative estimate of drug-likeness (QED) is 0.861. The van der Waals surface area contributed by atoms with Gasteiger partial charge in [0.15, 0.2) is 5.11 Å². The largest absolute Gasteiger partial charge is 0.497 e. The molecule has 1 aliphatic heterocycles. The van der Waals surface area contributed by atoms with E-state index in [1.54, 1.807) is 14.0 Å². The van der Waals surface area contributed by atoms with Gasteiger partial charge in [0.2, 0.25) is 0 Å². The first-order valence-electron chi connectivity index (χ1n) is 6.03. The van der Waals surface area contributed by atoms with Gasteiger partial charge in [-0.05, 0) is 43.8 Å². The molecule has 1 N–H and O–H groups in total. The smallest absolute Gasteiger partial charge is 0.193 e. The van der Waals surface area contributed by atoms with Crippen molar-refractivity contribution in [2.24, 2.45) is 10.9 Å². The summed E-state index contributed by atoms with van der Waals surface area (Å²) < 4.78 is 5.14. The summed E-state index contributed by atoms with van der Waals surface area (Å²) in [5.74, 6) is 0.587. The van der Waals surface area contributed by atoms with Crippen LogP contribution in [0.15, 0.2) is 29.3 Å². The van der Waals surface area contributed by atoms with Crippen LogP contribution in [0.3, 0.4) is 0 Å². The Hall–Kier alpha value is -1.75. The zero-order valence-electron chi connectivity index (χ0n) is 11.1. The van der Waals surface area contributed by atoms with Crippen LogP contribution >= 0.6 is 12.2 Å². The number of nitrogens with one attached hydrogen (secondary N) is 1.